The second-order valence-electron chi connectivity index (χ2n) is 4.13. The van der Waals surface area contributed by atoms with E-state index in [-0.39, 0.29) is 0 Å². The van der Waals surface area contributed by atoms with Gasteiger partial charge in [-0.3, -0.25) is 0 Å². The Morgan fingerprint density at radius 2 is 2.50 bits per heavy atom. The van der Waals surface area contributed by atoms with Crippen LogP contribution in [0.3, 0.4) is 0 Å². The minimum Gasteiger partial charge on any atom is -0.377 e. The molecule has 0 aliphatic carbocycles. The lowest BCUT2D eigenvalue weighted by Gasteiger charge is -2.35. The van der Waals surface area contributed by atoms with Crippen molar-refractivity contribution in [2.24, 2.45) is 0 Å². The van der Waals surface area contributed by atoms with Crippen LogP contribution in [0.4, 0.5) is 5.82 Å². The number of ether oxygens (including phenoxy) is 1. The summed E-state index contributed by atoms with van der Waals surface area (Å²) in [6.45, 7) is 5.54. The van der Waals surface area contributed by atoms with Gasteiger partial charge in [0.1, 0.15) is 5.82 Å². The minimum absolute atomic E-state index is 0.402. The van der Waals surface area contributed by atoms with Crippen molar-refractivity contribution in [3.8, 4) is 0 Å². The van der Waals surface area contributed by atoms with Gasteiger partial charge in [-0.15, -0.1) is 0 Å². The molecular formula is C12H19N3O. The van der Waals surface area contributed by atoms with Crippen molar-refractivity contribution < 1.29 is 4.74 Å². The Morgan fingerprint density at radius 3 is 3.25 bits per heavy atom. The van der Waals surface area contributed by atoms with Crippen molar-refractivity contribution in [3.05, 3.63) is 23.9 Å². The van der Waals surface area contributed by atoms with Crippen molar-refractivity contribution in [3.63, 3.8) is 0 Å². The monoisotopic (exact) mass is 221 g/mol. The molecule has 88 valence electrons. The first-order valence-corrected chi connectivity index (χ1v) is 5.76. The number of morpholine rings is 1. The molecule has 2 rings (SSSR count). The third kappa shape index (κ3) is 2.33. The molecule has 0 amide bonds. The Morgan fingerprint density at radius 1 is 1.62 bits per heavy atom. The van der Waals surface area contributed by atoms with Gasteiger partial charge in [0, 0.05) is 24.8 Å². The van der Waals surface area contributed by atoms with E-state index in [1.54, 1.807) is 0 Å². The quantitative estimate of drug-likeness (QED) is 0.827. The van der Waals surface area contributed by atoms with E-state index in [1.807, 2.05) is 19.3 Å². The van der Waals surface area contributed by atoms with E-state index in [0.717, 1.165) is 32.1 Å². The van der Waals surface area contributed by atoms with Gasteiger partial charge in [-0.05, 0) is 20.0 Å². The molecule has 0 radical (unpaired) electrons. The molecule has 0 saturated carbocycles. The predicted octanol–water partition coefficient (Wildman–Crippen LogP) is 1.03. The molecule has 16 heavy (non-hydrogen) atoms. The fourth-order valence-electron chi connectivity index (χ4n) is 2.06. The van der Waals surface area contributed by atoms with E-state index in [0.29, 0.717) is 6.04 Å². The van der Waals surface area contributed by atoms with Gasteiger partial charge in [-0.1, -0.05) is 6.07 Å². The van der Waals surface area contributed by atoms with Crippen molar-refractivity contribution >= 4 is 5.82 Å². The minimum atomic E-state index is 0.402. The fourth-order valence-corrected chi connectivity index (χ4v) is 2.06. The van der Waals surface area contributed by atoms with E-state index in [1.165, 1.54) is 5.56 Å². The maximum absolute atomic E-state index is 5.45. The zero-order valence-corrected chi connectivity index (χ0v) is 9.94. The van der Waals surface area contributed by atoms with E-state index in [4.69, 9.17) is 4.74 Å². The van der Waals surface area contributed by atoms with Crippen LogP contribution >= 0.6 is 0 Å². The fraction of sp³-hybridized carbons (Fsp3) is 0.583. The Labute approximate surface area is 96.6 Å². The second kappa shape index (κ2) is 5.27. The largest absolute Gasteiger partial charge is 0.377 e. The molecule has 1 aliphatic rings. The van der Waals surface area contributed by atoms with E-state index in [9.17, 15) is 0 Å². The van der Waals surface area contributed by atoms with Crippen LogP contribution in [0, 0.1) is 0 Å². The topological polar surface area (TPSA) is 37.4 Å². The highest BCUT2D eigenvalue weighted by molar-refractivity contribution is 5.47. The van der Waals surface area contributed by atoms with Crippen molar-refractivity contribution in [2.75, 3.05) is 31.7 Å². The van der Waals surface area contributed by atoms with E-state index >= 15 is 0 Å². The van der Waals surface area contributed by atoms with Crippen LogP contribution in [0.1, 0.15) is 12.5 Å². The lowest BCUT2D eigenvalue weighted by molar-refractivity contribution is 0.0984. The lowest BCUT2D eigenvalue weighted by Crippen LogP contribution is -2.44. The van der Waals surface area contributed by atoms with Crippen LogP contribution in [0.2, 0.25) is 0 Å². The average molecular weight is 221 g/mol. The van der Waals surface area contributed by atoms with Crippen LogP contribution in [0.25, 0.3) is 0 Å². The summed E-state index contributed by atoms with van der Waals surface area (Å²) < 4.78 is 5.45. The predicted molar refractivity (Wildman–Crippen MR) is 64.6 cm³/mol. The summed E-state index contributed by atoms with van der Waals surface area (Å²) in [6.07, 6.45) is 1.86. The molecule has 0 aromatic carbocycles. The first-order valence-electron chi connectivity index (χ1n) is 5.76. The number of anilines is 1. The van der Waals surface area contributed by atoms with E-state index in [2.05, 4.69) is 28.2 Å². The van der Waals surface area contributed by atoms with Crippen molar-refractivity contribution in [2.45, 2.75) is 19.5 Å². The standard InChI is InChI=1S/C12H19N3O/c1-10-9-16-7-6-15(10)12-11(8-13-2)4-3-5-14-12/h3-5,10,13H,6-9H2,1-2H3. The second-order valence-corrected chi connectivity index (χ2v) is 4.13. The van der Waals surface area contributed by atoms with Crippen molar-refractivity contribution in [1.82, 2.24) is 10.3 Å². The molecular weight excluding hydrogens is 202 g/mol. The zero-order chi connectivity index (χ0) is 11.4. The molecule has 2 heterocycles. The summed E-state index contributed by atoms with van der Waals surface area (Å²) in [5, 5.41) is 3.18. The number of rotatable bonds is 3. The van der Waals surface area contributed by atoms with Gasteiger partial charge in [0.05, 0.1) is 19.3 Å². The third-order valence-corrected chi connectivity index (χ3v) is 2.87. The maximum Gasteiger partial charge on any atom is 0.133 e. The lowest BCUT2D eigenvalue weighted by atomic mass is 10.2. The van der Waals surface area contributed by atoms with Gasteiger partial charge >= 0.3 is 0 Å². The Hall–Kier alpha value is -1.13. The Bertz CT molecular complexity index is 343. The van der Waals surface area contributed by atoms with Gasteiger partial charge in [0.25, 0.3) is 0 Å². The molecule has 1 aliphatic heterocycles. The number of nitrogens with zero attached hydrogens (tertiary/aromatic N) is 2. The van der Waals surface area contributed by atoms with Gasteiger partial charge in [0.15, 0.2) is 0 Å². The van der Waals surface area contributed by atoms with Crippen LogP contribution in [-0.2, 0) is 11.3 Å². The molecule has 1 atom stereocenters. The highest BCUT2D eigenvalue weighted by Gasteiger charge is 2.21. The Kier molecular flexibility index (Phi) is 3.74. The smallest absolute Gasteiger partial charge is 0.133 e. The molecule has 1 fully saturated rings. The zero-order valence-electron chi connectivity index (χ0n) is 9.94. The Balaban J connectivity index is 2.23. The third-order valence-electron chi connectivity index (χ3n) is 2.87. The molecule has 0 spiro atoms. The van der Waals surface area contributed by atoms with Crippen LogP contribution in [0.15, 0.2) is 18.3 Å². The van der Waals surface area contributed by atoms with Crippen LogP contribution < -0.4 is 10.2 Å². The molecule has 0 bridgehead atoms. The maximum atomic E-state index is 5.45. The molecule has 1 aromatic heterocycles. The summed E-state index contributed by atoms with van der Waals surface area (Å²) in [7, 11) is 1.96. The van der Waals surface area contributed by atoms with Gasteiger partial charge in [-0.2, -0.15) is 0 Å². The normalized spacial score (nSPS) is 21.1. The molecule has 1 unspecified atom stereocenters. The first-order chi connectivity index (χ1) is 7.83. The summed E-state index contributed by atoms with van der Waals surface area (Å²) in [5.41, 5.74) is 1.25. The molecule has 1 N–H and O–H groups in total. The number of hydrogen-bond acceptors (Lipinski definition) is 4. The number of aromatic nitrogens is 1. The average Bonchev–Trinajstić information content (AvgIpc) is 2.31. The summed E-state index contributed by atoms with van der Waals surface area (Å²) in [4.78, 5) is 6.83. The van der Waals surface area contributed by atoms with Crippen LogP contribution in [-0.4, -0.2) is 37.8 Å². The molecule has 4 heteroatoms. The van der Waals surface area contributed by atoms with E-state index < -0.39 is 0 Å². The number of hydrogen-bond donors (Lipinski definition) is 1. The highest BCUT2D eigenvalue weighted by atomic mass is 16.5. The number of pyridine rings is 1. The highest BCUT2D eigenvalue weighted by Crippen LogP contribution is 2.21. The van der Waals surface area contributed by atoms with Gasteiger partial charge < -0.3 is 15.0 Å². The summed E-state index contributed by atoms with van der Waals surface area (Å²) in [5.74, 6) is 1.09. The summed E-state index contributed by atoms with van der Waals surface area (Å²) in [6, 6.07) is 4.52. The van der Waals surface area contributed by atoms with Gasteiger partial charge in [0.2, 0.25) is 0 Å². The van der Waals surface area contributed by atoms with Crippen molar-refractivity contribution in [1.29, 1.82) is 0 Å². The SMILES string of the molecule is CNCc1cccnc1N1CCOCC1C. The number of nitrogens with one attached hydrogen (secondary N) is 1. The van der Waals surface area contributed by atoms with Crippen LogP contribution in [0.5, 0.6) is 0 Å². The molecule has 4 nitrogen and oxygen atoms in total. The van der Waals surface area contributed by atoms with Gasteiger partial charge in [-0.25, -0.2) is 4.98 Å². The first kappa shape index (κ1) is 11.4. The molecule has 1 aromatic rings. The molecule has 1 saturated heterocycles. The summed E-state index contributed by atoms with van der Waals surface area (Å²) >= 11 is 0.